The van der Waals surface area contributed by atoms with Crippen molar-refractivity contribution in [2.75, 3.05) is 46.9 Å². The summed E-state index contributed by atoms with van der Waals surface area (Å²) in [4.78, 5) is 7.30. The topological polar surface area (TPSA) is 58.1 Å². The van der Waals surface area contributed by atoms with Gasteiger partial charge in [-0.15, -0.1) is 24.0 Å². The van der Waals surface area contributed by atoms with Crippen molar-refractivity contribution in [1.82, 2.24) is 15.5 Å². The summed E-state index contributed by atoms with van der Waals surface area (Å²) < 4.78 is 10.7. The molecule has 1 aliphatic heterocycles. The van der Waals surface area contributed by atoms with Gasteiger partial charge < -0.3 is 25.0 Å². The first-order valence-electron chi connectivity index (χ1n) is 10.1. The Bertz CT molecular complexity index is 592. The molecule has 1 heterocycles. The SMILES string of the molecule is CCNC(=NCc1ccc(OC)c(OC)c1)NCC(C)CN1CCCCC1.I. The van der Waals surface area contributed by atoms with Crippen molar-refractivity contribution >= 4 is 29.9 Å². The summed E-state index contributed by atoms with van der Waals surface area (Å²) in [5.41, 5.74) is 1.09. The summed E-state index contributed by atoms with van der Waals surface area (Å²) in [5.74, 6) is 2.92. The fourth-order valence-corrected chi connectivity index (χ4v) is 3.41. The van der Waals surface area contributed by atoms with Crippen LogP contribution in [0.3, 0.4) is 0 Å². The second-order valence-electron chi connectivity index (χ2n) is 7.23. The number of piperidine rings is 1. The van der Waals surface area contributed by atoms with Gasteiger partial charge in [-0.1, -0.05) is 19.4 Å². The lowest BCUT2D eigenvalue weighted by molar-refractivity contribution is 0.201. The van der Waals surface area contributed by atoms with Crippen LogP contribution in [0.1, 0.15) is 38.7 Å². The van der Waals surface area contributed by atoms with Gasteiger partial charge in [0.05, 0.1) is 20.8 Å². The molecule has 2 rings (SSSR count). The van der Waals surface area contributed by atoms with E-state index in [2.05, 4.69) is 29.4 Å². The highest BCUT2D eigenvalue weighted by Crippen LogP contribution is 2.27. The van der Waals surface area contributed by atoms with E-state index in [0.717, 1.165) is 42.7 Å². The van der Waals surface area contributed by atoms with E-state index >= 15 is 0 Å². The first kappa shape index (κ1) is 24.8. The van der Waals surface area contributed by atoms with E-state index < -0.39 is 0 Å². The van der Waals surface area contributed by atoms with E-state index in [1.165, 1.54) is 32.4 Å². The number of rotatable bonds is 9. The Hall–Kier alpha value is -1.22. The number of halogens is 1. The van der Waals surface area contributed by atoms with Crippen LogP contribution in [0.5, 0.6) is 11.5 Å². The molecule has 1 saturated heterocycles. The third kappa shape index (κ3) is 8.43. The molecule has 1 atom stereocenters. The lowest BCUT2D eigenvalue weighted by atomic mass is 10.1. The summed E-state index contributed by atoms with van der Waals surface area (Å²) >= 11 is 0. The molecule has 0 amide bonds. The van der Waals surface area contributed by atoms with Gasteiger partial charge >= 0.3 is 0 Å². The van der Waals surface area contributed by atoms with Gasteiger partial charge in [-0.3, -0.25) is 0 Å². The molecule has 1 unspecified atom stereocenters. The van der Waals surface area contributed by atoms with Crippen LogP contribution in [0.2, 0.25) is 0 Å². The minimum Gasteiger partial charge on any atom is -0.493 e. The van der Waals surface area contributed by atoms with Crippen molar-refractivity contribution < 1.29 is 9.47 Å². The summed E-state index contributed by atoms with van der Waals surface area (Å²) in [6, 6.07) is 5.92. The third-order valence-electron chi connectivity index (χ3n) is 4.85. The maximum absolute atomic E-state index is 5.37. The molecular formula is C21H37IN4O2. The zero-order valence-corrected chi connectivity index (χ0v) is 20.1. The second kappa shape index (κ2) is 13.9. The fourth-order valence-electron chi connectivity index (χ4n) is 3.41. The van der Waals surface area contributed by atoms with Crippen molar-refractivity contribution in [3.8, 4) is 11.5 Å². The lowest BCUT2D eigenvalue weighted by Crippen LogP contribution is -2.42. The van der Waals surface area contributed by atoms with E-state index in [1.807, 2.05) is 18.2 Å². The number of likely N-dealkylation sites (tertiary alicyclic amines) is 1. The van der Waals surface area contributed by atoms with Gasteiger partial charge in [-0.2, -0.15) is 0 Å². The van der Waals surface area contributed by atoms with Gasteiger partial charge in [0, 0.05) is 19.6 Å². The van der Waals surface area contributed by atoms with Gasteiger partial charge in [0.1, 0.15) is 0 Å². The maximum Gasteiger partial charge on any atom is 0.191 e. The Balaban J connectivity index is 0.00000392. The normalized spacial score (nSPS) is 16.1. The predicted molar refractivity (Wildman–Crippen MR) is 127 cm³/mol. The molecule has 28 heavy (non-hydrogen) atoms. The van der Waals surface area contributed by atoms with Crippen molar-refractivity contribution in [2.45, 2.75) is 39.7 Å². The minimum atomic E-state index is 0. The molecule has 0 saturated carbocycles. The van der Waals surface area contributed by atoms with Crippen LogP contribution >= 0.6 is 24.0 Å². The number of aliphatic imine (C=N–C) groups is 1. The van der Waals surface area contributed by atoms with E-state index in [9.17, 15) is 0 Å². The molecule has 1 aromatic rings. The number of hydrogen-bond acceptors (Lipinski definition) is 4. The van der Waals surface area contributed by atoms with E-state index in [0.29, 0.717) is 12.5 Å². The smallest absolute Gasteiger partial charge is 0.191 e. The van der Waals surface area contributed by atoms with Crippen LogP contribution in [0.25, 0.3) is 0 Å². The van der Waals surface area contributed by atoms with Crippen LogP contribution in [0.4, 0.5) is 0 Å². The molecule has 1 aromatic carbocycles. The van der Waals surface area contributed by atoms with Gasteiger partial charge in [-0.05, 0) is 56.5 Å². The molecule has 0 radical (unpaired) electrons. The molecule has 160 valence electrons. The number of benzene rings is 1. The Morgan fingerprint density at radius 1 is 1.11 bits per heavy atom. The molecule has 0 spiro atoms. The second-order valence-corrected chi connectivity index (χ2v) is 7.23. The van der Waals surface area contributed by atoms with E-state index in [-0.39, 0.29) is 24.0 Å². The molecule has 2 N–H and O–H groups in total. The van der Waals surface area contributed by atoms with Crippen LogP contribution in [0, 0.1) is 5.92 Å². The predicted octanol–water partition coefficient (Wildman–Crippen LogP) is 3.50. The average Bonchev–Trinajstić information content (AvgIpc) is 2.70. The monoisotopic (exact) mass is 504 g/mol. The largest absolute Gasteiger partial charge is 0.493 e. The zero-order valence-electron chi connectivity index (χ0n) is 17.8. The van der Waals surface area contributed by atoms with Crippen molar-refractivity contribution in [1.29, 1.82) is 0 Å². The maximum atomic E-state index is 5.37. The Labute approximate surface area is 187 Å². The number of hydrogen-bond donors (Lipinski definition) is 2. The highest BCUT2D eigenvalue weighted by Gasteiger charge is 2.13. The standard InChI is InChI=1S/C21H36N4O2.HI/c1-5-22-21(23-14-17(2)16-25-11-7-6-8-12-25)24-15-18-9-10-19(26-3)20(13-18)27-4;/h9-10,13,17H,5-8,11-12,14-16H2,1-4H3,(H2,22,23,24);1H. The molecule has 1 fully saturated rings. The Kier molecular flexibility index (Phi) is 12.3. The first-order valence-corrected chi connectivity index (χ1v) is 10.1. The van der Waals surface area contributed by atoms with Crippen molar-refractivity contribution in [2.24, 2.45) is 10.9 Å². The fraction of sp³-hybridized carbons (Fsp3) is 0.667. The molecule has 0 bridgehead atoms. The first-order chi connectivity index (χ1) is 13.2. The van der Waals surface area contributed by atoms with Crippen LogP contribution < -0.4 is 20.1 Å². The summed E-state index contributed by atoms with van der Waals surface area (Å²) in [7, 11) is 3.30. The van der Waals surface area contributed by atoms with Crippen LogP contribution in [0.15, 0.2) is 23.2 Å². The molecule has 6 nitrogen and oxygen atoms in total. The van der Waals surface area contributed by atoms with Crippen LogP contribution in [-0.2, 0) is 6.54 Å². The van der Waals surface area contributed by atoms with Crippen molar-refractivity contribution in [3.05, 3.63) is 23.8 Å². The molecule has 7 heteroatoms. The minimum absolute atomic E-state index is 0. The Morgan fingerprint density at radius 3 is 2.46 bits per heavy atom. The quantitative estimate of drug-likeness (QED) is 0.306. The highest BCUT2D eigenvalue weighted by atomic mass is 127. The summed E-state index contributed by atoms with van der Waals surface area (Å²) in [5, 5.41) is 6.82. The molecule has 0 aromatic heterocycles. The average molecular weight is 504 g/mol. The lowest BCUT2D eigenvalue weighted by Gasteiger charge is -2.29. The number of ether oxygens (including phenoxy) is 2. The van der Waals surface area contributed by atoms with Gasteiger partial charge in [0.15, 0.2) is 17.5 Å². The number of guanidine groups is 1. The number of methoxy groups -OCH3 is 2. The molecule has 0 aliphatic carbocycles. The zero-order chi connectivity index (χ0) is 19.5. The van der Waals surface area contributed by atoms with E-state index in [4.69, 9.17) is 14.5 Å². The summed E-state index contributed by atoms with van der Waals surface area (Å²) in [6.45, 7) is 10.4. The van der Waals surface area contributed by atoms with E-state index in [1.54, 1.807) is 14.2 Å². The van der Waals surface area contributed by atoms with Crippen molar-refractivity contribution in [3.63, 3.8) is 0 Å². The van der Waals surface area contributed by atoms with Gasteiger partial charge in [0.2, 0.25) is 0 Å². The Morgan fingerprint density at radius 2 is 1.82 bits per heavy atom. The van der Waals surface area contributed by atoms with Gasteiger partial charge in [-0.25, -0.2) is 4.99 Å². The third-order valence-corrected chi connectivity index (χ3v) is 4.85. The number of nitrogens with one attached hydrogen (secondary N) is 2. The van der Waals surface area contributed by atoms with Gasteiger partial charge in [0.25, 0.3) is 0 Å². The molecular weight excluding hydrogens is 467 g/mol. The highest BCUT2D eigenvalue weighted by molar-refractivity contribution is 14.0. The number of nitrogens with zero attached hydrogens (tertiary/aromatic N) is 2. The van der Waals surface area contributed by atoms with Crippen LogP contribution in [-0.4, -0.2) is 57.8 Å². The molecule has 1 aliphatic rings. The summed E-state index contributed by atoms with van der Waals surface area (Å²) in [6.07, 6.45) is 4.07.